The number of benzene rings is 1. The summed E-state index contributed by atoms with van der Waals surface area (Å²) in [5, 5.41) is 4.06. The highest BCUT2D eigenvalue weighted by Crippen LogP contribution is 2.35. The number of hydrogen-bond acceptors (Lipinski definition) is 5. The lowest BCUT2D eigenvalue weighted by molar-refractivity contribution is 0.316. The van der Waals surface area contributed by atoms with Crippen LogP contribution in [0.15, 0.2) is 41.4 Å². The lowest BCUT2D eigenvalue weighted by atomic mass is 10.0. The minimum absolute atomic E-state index is 0.0341. The van der Waals surface area contributed by atoms with Gasteiger partial charge in [0.05, 0.1) is 12.6 Å². The second kappa shape index (κ2) is 8.27. The number of ether oxygens (including phenoxy) is 1. The van der Waals surface area contributed by atoms with E-state index >= 15 is 0 Å². The van der Waals surface area contributed by atoms with Crippen LogP contribution in [0.4, 0.5) is 5.82 Å². The molecule has 0 saturated carbocycles. The van der Waals surface area contributed by atoms with Crippen LogP contribution in [0.2, 0.25) is 5.02 Å². The number of fused-ring (bicyclic) bond motifs is 1. The van der Waals surface area contributed by atoms with Crippen molar-refractivity contribution < 1.29 is 13.2 Å². The Kier molecular flexibility index (Phi) is 5.75. The van der Waals surface area contributed by atoms with E-state index in [9.17, 15) is 8.42 Å². The molecule has 8 heteroatoms. The van der Waals surface area contributed by atoms with Crippen LogP contribution in [0.1, 0.15) is 43.7 Å². The van der Waals surface area contributed by atoms with Crippen LogP contribution in [-0.4, -0.2) is 37.4 Å². The zero-order chi connectivity index (χ0) is 19.6. The van der Waals surface area contributed by atoms with Gasteiger partial charge in [0, 0.05) is 29.9 Å². The Morgan fingerprint density at radius 1 is 1.11 bits per heavy atom. The Balaban J connectivity index is 1.52. The number of hydrogen-bond donors (Lipinski definition) is 1. The first-order valence-electron chi connectivity index (χ1n) is 9.69. The average Bonchev–Trinajstić information content (AvgIpc) is 2.91. The molecule has 2 aliphatic heterocycles. The largest absolute Gasteiger partial charge is 0.493 e. The van der Waals surface area contributed by atoms with Gasteiger partial charge in [-0.1, -0.05) is 24.1 Å². The number of nitrogens with one attached hydrogen (secondary N) is 1. The minimum atomic E-state index is -3.46. The Morgan fingerprint density at radius 3 is 2.68 bits per heavy atom. The van der Waals surface area contributed by atoms with E-state index in [1.165, 1.54) is 6.20 Å². The molecule has 1 saturated heterocycles. The molecule has 1 unspecified atom stereocenters. The molecule has 150 valence electrons. The fraction of sp³-hybridized carbons (Fsp3) is 0.450. The Bertz CT molecular complexity index is 928. The third-order valence-corrected chi connectivity index (χ3v) is 7.37. The highest BCUT2D eigenvalue weighted by Gasteiger charge is 2.26. The number of pyridine rings is 1. The van der Waals surface area contributed by atoms with Crippen molar-refractivity contribution in [1.82, 2.24) is 9.29 Å². The van der Waals surface area contributed by atoms with E-state index in [0.717, 1.165) is 43.4 Å². The first kappa shape index (κ1) is 19.5. The third kappa shape index (κ3) is 4.11. The van der Waals surface area contributed by atoms with Gasteiger partial charge in [-0.2, -0.15) is 4.31 Å². The van der Waals surface area contributed by atoms with Crippen molar-refractivity contribution in [2.24, 2.45) is 0 Å². The van der Waals surface area contributed by atoms with Crippen molar-refractivity contribution in [3.8, 4) is 5.75 Å². The molecule has 6 nitrogen and oxygen atoms in total. The van der Waals surface area contributed by atoms with Crippen molar-refractivity contribution in [1.29, 1.82) is 0 Å². The van der Waals surface area contributed by atoms with Gasteiger partial charge in [0.25, 0.3) is 0 Å². The number of anilines is 1. The predicted molar refractivity (Wildman–Crippen MR) is 109 cm³/mol. The molecule has 1 aromatic heterocycles. The molecule has 1 aromatic carbocycles. The van der Waals surface area contributed by atoms with Gasteiger partial charge in [0.15, 0.2) is 0 Å². The molecule has 1 atom stereocenters. The Morgan fingerprint density at radius 2 is 1.93 bits per heavy atom. The zero-order valence-corrected chi connectivity index (χ0v) is 17.2. The number of aromatic nitrogens is 1. The summed E-state index contributed by atoms with van der Waals surface area (Å²) >= 11 is 6.09. The fourth-order valence-corrected chi connectivity index (χ4v) is 5.37. The van der Waals surface area contributed by atoms with Gasteiger partial charge in [0.1, 0.15) is 16.5 Å². The van der Waals surface area contributed by atoms with Crippen LogP contribution in [0.5, 0.6) is 5.75 Å². The first-order valence-corrected chi connectivity index (χ1v) is 11.5. The SMILES string of the molecule is O=S(=O)(c1ccc(NC2CCCOc3cc(Cl)ccc32)nc1)N1CCCCC1. The summed E-state index contributed by atoms with van der Waals surface area (Å²) in [7, 11) is -3.46. The Hall–Kier alpha value is -1.83. The molecular formula is C20H24ClN3O3S. The van der Waals surface area contributed by atoms with Crippen molar-refractivity contribution >= 4 is 27.4 Å². The van der Waals surface area contributed by atoms with Crippen LogP contribution in [0.3, 0.4) is 0 Å². The molecule has 3 heterocycles. The van der Waals surface area contributed by atoms with Gasteiger partial charge in [0.2, 0.25) is 10.0 Å². The third-order valence-electron chi connectivity index (χ3n) is 5.26. The lowest BCUT2D eigenvalue weighted by Gasteiger charge is -2.25. The van der Waals surface area contributed by atoms with E-state index in [-0.39, 0.29) is 10.9 Å². The summed E-state index contributed by atoms with van der Waals surface area (Å²) in [6.45, 7) is 1.82. The van der Waals surface area contributed by atoms with Gasteiger partial charge in [-0.25, -0.2) is 13.4 Å². The predicted octanol–water partition coefficient (Wildman–Crippen LogP) is 4.24. The summed E-state index contributed by atoms with van der Waals surface area (Å²) in [6, 6.07) is 9.06. The first-order chi connectivity index (χ1) is 13.5. The molecule has 4 rings (SSSR count). The fourth-order valence-electron chi connectivity index (χ4n) is 3.75. The van der Waals surface area contributed by atoms with Crippen LogP contribution < -0.4 is 10.1 Å². The molecule has 0 radical (unpaired) electrons. The summed E-state index contributed by atoms with van der Waals surface area (Å²) in [4.78, 5) is 4.62. The lowest BCUT2D eigenvalue weighted by Crippen LogP contribution is -2.35. The van der Waals surface area contributed by atoms with Gasteiger partial charge in [-0.3, -0.25) is 0 Å². The minimum Gasteiger partial charge on any atom is -0.493 e. The van der Waals surface area contributed by atoms with E-state index in [0.29, 0.717) is 30.5 Å². The number of halogens is 1. The maximum atomic E-state index is 12.8. The molecule has 0 spiro atoms. The van der Waals surface area contributed by atoms with E-state index in [1.54, 1.807) is 16.4 Å². The molecule has 2 aromatic rings. The van der Waals surface area contributed by atoms with Crippen molar-refractivity contribution in [3.05, 3.63) is 47.1 Å². The van der Waals surface area contributed by atoms with Gasteiger partial charge < -0.3 is 10.1 Å². The van der Waals surface area contributed by atoms with Gasteiger partial charge >= 0.3 is 0 Å². The summed E-state index contributed by atoms with van der Waals surface area (Å²) in [5.74, 6) is 1.43. The molecular weight excluding hydrogens is 398 g/mol. The summed E-state index contributed by atoms with van der Waals surface area (Å²) < 4.78 is 32.9. The van der Waals surface area contributed by atoms with E-state index in [1.807, 2.05) is 18.2 Å². The number of piperidine rings is 1. The maximum absolute atomic E-state index is 12.8. The van der Waals surface area contributed by atoms with Crippen LogP contribution >= 0.6 is 11.6 Å². The number of nitrogens with zero attached hydrogens (tertiary/aromatic N) is 2. The van der Waals surface area contributed by atoms with Crippen molar-refractivity contribution in [3.63, 3.8) is 0 Å². The van der Waals surface area contributed by atoms with Crippen LogP contribution in [0.25, 0.3) is 0 Å². The second-order valence-corrected chi connectivity index (χ2v) is 9.59. The normalized spacial score (nSPS) is 20.7. The van der Waals surface area contributed by atoms with Crippen LogP contribution in [0, 0.1) is 0 Å². The highest BCUT2D eigenvalue weighted by atomic mass is 35.5. The molecule has 0 amide bonds. The summed E-state index contributed by atoms with van der Waals surface area (Å²) in [5.41, 5.74) is 1.04. The highest BCUT2D eigenvalue weighted by molar-refractivity contribution is 7.89. The van der Waals surface area contributed by atoms with E-state index in [4.69, 9.17) is 16.3 Å². The average molecular weight is 422 g/mol. The van der Waals surface area contributed by atoms with Crippen molar-refractivity contribution in [2.75, 3.05) is 25.0 Å². The molecule has 0 aliphatic carbocycles. The maximum Gasteiger partial charge on any atom is 0.244 e. The second-order valence-electron chi connectivity index (χ2n) is 7.21. The number of sulfonamides is 1. The Labute approximate surface area is 170 Å². The zero-order valence-electron chi connectivity index (χ0n) is 15.6. The molecule has 0 bridgehead atoms. The molecule has 1 fully saturated rings. The molecule has 1 N–H and O–H groups in total. The molecule has 28 heavy (non-hydrogen) atoms. The van der Waals surface area contributed by atoms with E-state index in [2.05, 4.69) is 10.3 Å². The monoisotopic (exact) mass is 421 g/mol. The number of rotatable bonds is 4. The van der Waals surface area contributed by atoms with E-state index < -0.39 is 10.0 Å². The van der Waals surface area contributed by atoms with Gasteiger partial charge in [-0.05, 0) is 49.9 Å². The van der Waals surface area contributed by atoms with Crippen molar-refractivity contribution in [2.45, 2.75) is 43.0 Å². The standard InChI is InChI=1S/C20H24ClN3O3S/c21-15-6-8-17-18(5-4-12-27-19(17)13-15)23-20-9-7-16(14-22-20)28(25,26)24-10-2-1-3-11-24/h6-9,13-14,18H,1-5,10-12H2,(H,22,23). The quantitative estimate of drug-likeness (QED) is 0.799. The van der Waals surface area contributed by atoms with Crippen LogP contribution in [-0.2, 0) is 10.0 Å². The smallest absolute Gasteiger partial charge is 0.244 e. The molecule has 2 aliphatic rings. The summed E-state index contributed by atoms with van der Waals surface area (Å²) in [6.07, 6.45) is 6.17. The topological polar surface area (TPSA) is 71.5 Å². The van der Waals surface area contributed by atoms with Gasteiger partial charge in [-0.15, -0.1) is 0 Å².